The molecule has 0 fully saturated rings. The minimum Gasteiger partial charge on any atom is -0.396 e. The van der Waals surface area contributed by atoms with Crippen molar-refractivity contribution in [2.45, 2.75) is 33.6 Å². The molecule has 56 valence electrons. The molecule has 0 aromatic rings. The summed E-state index contributed by atoms with van der Waals surface area (Å²) in [6, 6.07) is 0. The monoisotopic (exact) mass is 130 g/mol. The quantitative estimate of drug-likeness (QED) is 0.617. The average Bonchev–Trinajstić information content (AvgIpc) is 1.82. The molecule has 0 bridgehead atoms. The molecule has 0 rings (SSSR count). The van der Waals surface area contributed by atoms with Gasteiger partial charge in [-0.3, -0.25) is 0 Å². The Bertz CT molecular complexity index is 59.6. The molecule has 0 radical (unpaired) electrons. The molecule has 9 heavy (non-hydrogen) atoms. The molecule has 1 N–H and O–H groups in total. The fourth-order valence-corrected chi connectivity index (χ4v) is 1.17. The molecule has 0 aliphatic carbocycles. The van der Waals surface area contributed by atoms with Gasteiger partial charge in [-0.05, 0) is 18.3 Å². The molecule has 0 aromatic carbocycles. The van der Waals surface area contributed by atoms with Crippen LogP contribution in [0.15, 0.2) is 0 Å². The zero-order valence-corrected chi connectivity index (χ0v) is 6.72. The molecular weight excluding hydrogens is 112 g/mol. The van der Waals surface area contributed by atoms with Crippen molar-refractivity contribution in [1.82, 2.24) is 0 Å². The normalized spacial score (nSPS) is 14.3. The van der Waals surface area contributed by atoms with Gasteiger partial charge in [0.2, 0.25) is 0 Å². The second-order valence-corrected chi connectivity index (χ2v) is 2.92. The smallest absolute Gasteiger partial charge is 0.0433 e. The van der Waals surface area contributed by atoms with E-state index in [0.29, 0.717) is 6.61 Å². The van der Waals surface area contributed by atoms with Crippen molar-refractivity contribution in [1.29, 1.82) is 0 Å². The molecule has 0 spiro atoms. The highest BCUT2D eigenvalue weighted by molar-refractivity contribution is 4.59. The highest BCUT2D eigenvalue weighted by Crippen LogP contribution is 2.17. The van der Waals surface area contributed by atoms with Gasteiger partial charge in [0.25, 0.3) is 0 Å². The number of aliphatic hydroxyl groups excluding tert-OH is 1. The van der Waals surface area contributed by atoms with Crippen LogP contribution in [0.25, 0.3) is 0 Å². The predicted octanol–water partition coefficient (Wildman–Crippen LogP) is 2.05. The summed E-state index contributed by atoms with van der Waals surface area (Å²) in [6.45, 7) is 6.95. The number of hydrogen-bond donors (Lipinski definition) is 1. The lowest BCUT2D eigenvalue weighted by molar-refractivity contribution is 0.228. The summed E-state index contributed by atoms with van der Waals surface area (Å²) in [5, 5.41) is 8.62. The highest BCUT2D eigenvalue weighted by Gasteiger charge is 2.08. The molecule has 0 aliphatic heterocycles. The van der Waals surface area contributed by atoms with E-state index in [4.69, 9.17) is 5.11 Å². The summed E-state index contributed by atoms with van der Waals surface area (Å²) < 4.78 is 0. The van der Waals surface area contributed by atoms with Crippen molar-refractivity contribution >= 4 is 0 Å². The topological polar surface area (TPSA) is 20.2 Å². The van der Waals surface area contributed by atoms with Gasteiger partial charge in [-0.25, -0.2) is 0 Å². The Morgan fingerprint density at radius 3 is 2.00 bits per heavy atom. The average molecular weight is 130 g/mol. The maximum atomic E-state index is 8.62. The van der Waals surface area contributed by atoms with Gasteiger partial charge in [0.1, 0.15) is 0 Å². The molecule has 0 heterocycles. The Labute approximate surface area is 58.1 Å². The van der Waals surface area contributed by atoms with E-state index in [2.05, 4.69) is 20.8 Å². The maximum absolute atomic E-state index is 8.62. The Hall–Kier alpha value is -0.0400. The lowest BCUT2D eigenvalue weighted by atomic mass is 9.91. The van der Waals surface area contributed by atoms with Crippen molar-refractivity contribution in [3.63, 3.8) is 0 Å². The van der Waals surface area contributed by atoms with Crippen LogP contribution in [0.2, 0.25) is 0 Å². The number of hydrogen-bond acceptors (Lipinski definition) is 1. The van der Waals surface area contributed by atoms with E-state index in [0.717, 1.165) is 18.3 Å². The van der Waals surface area contributed by atoms with Gasteiger partial charge in [-0.1, -0.05) is 27.2 Å². The second kappa shape index (κ2) is 4.80. The van der Waals surface area contributed by atoms with E-state index < -0.39 is 0 Å². The van der Waals surface area contributed by atoms with Crippen molar-refractivity contribution in [3.8, 4) is 0 Å². The van der Waals surface area contributed by atoms with Crippen molar-refractivity contribution in [3.05, 3.63) is 0 Å². The first-order valence-electron chi connectivity index (χ1n) is 3.83. The second-order valence-electron chi connectivity index (χ2n) is 2.92. The zero-order valence-electron chi connectivity index (χ0n) is 6.72. The Kier molecular flexibility index (Phi) is 4.78. The van der Waals surface area contributed by atoms with Crippen LogP contribution in [0.4, 0.5) is 0 Å². The molecule has 0 amide bonds. The third-order valence-electron chi connectivity index (χ3n) is 1.97. The largest absolute Gasteiger partial charge is 0.396 e. The number of rotatable bonds is 4. The first-order chi connectivity index (χ1) is 4.22. The van der Waals surface area contributed by atoms with E-state index in [-0.39, 0.29) is 0 Å². The van der Waals surface area contributed by atoms with Crippen LogP contribution in [0.1, 0.15) is 33.6 Å². The van der Waals surface area contributed by atoms with E-state index in [1.54, 1.807) is 0 Å². The van der Waals surface area contributed by atoms with E-state index in [9.17, 15) is 0 Å². The summed E-state index contributed by atoms with van der Waals surface area (Å²) >= 11 is 0. The Morgan fingerprint density at radius 2 is 1.89 bits per heavy atom. The fraction of sp³-hybridized carbons (Fsp3) is 1.00. The molecule has 0 saturated heterocycles. The third-order valence-corrected chi connectivity index (χ3v) is 1.97. The molecule has 1 nitrogen and oxygen atoms in total. The highest BCUT2D eigenvalue weighted by atomic mass is 16.3. The summed E-state index contributed by atoms with van der Waals surface area (Å²) in [7, 11) is 0. The first-order valence-corrected chi connectivity index (χ1v) is 3.83. The molecule has 1 unspecified atom stereocenters. The van der Waals surface area contributed by atoms with Crippen LogP contribution in [-0.4, -0.2) is 11.7 Å². The van der Waals surface area contributed by atoms with Gasteiger partial charge < -0.3 is 5.11 Å². The molecule has 0 saturated carbocycles. The SMILES string of the molecule is CCC(CCO)C(C)C. The molecule has 1 atom stereocenters. The first kappa shape index (κ1) is 8.96. The summed E-state index contributed by atoms with van der Waals surface area (Å²) in [5.74, 6) is 1.44. The van der Waals surface area contributed by atoms with Crippen molar-refractivity contribution in [2.75, 3.05) is 6.61 Å². The predicted molar refractivity (Wildman–Crippen MR) is 40.3 cm³/mol. The molecule has 0 aromatic heterocycles. The van der Waals surface area contributed by atoms with Crippen LogP contribution in [0.5, 0.6) is 0 Å². The van der Waals surface area contributed by atoms with E-state index >= 15 is 0 Å². The van der Waals surface area contributed by atoms with Gasteiger partial charge in [-0.2, -0.15) is 0 Å². The maximum Gasteiger partial charge on any atom is 0.0433 e. The van der Waals surface area contributed by atoms with Crippen LogP contribution in [0.3, 0.4) is 0 Å². The Morgan fingerprint density at radius 1 is 1.33 bits per heavy atom. The minimum absolute atomic E-state index is 0.344. The van der Waals surface area contributed by atoms with Gasteiger partial charge in [0.05, 0.1) is 0 Å². The third kappa shape index (κ3) is 3.52. The van der Waals surface area contributed by atoms with Crippen LogP contribution in [-0.2, 0) is 0 Å². The van der Waals surface area contributed by atoms with Crippen LogP contribution in [0, 0.1) is 11.8 Å². The summed E-state index contributed by atoms with van der Waals surface area (Å²) in [6.07, 6.45) is 2.16. The van der Waals surface area contributed by atoms with Crippen LogP contribution >= 0.6 is 0 Å². The van der Waals surface area contributed by atoms with Crippen molar-refractivity contribution < 1.29 is 5.11 Å². The van der Waals surface area contributed by atoms with Gasteiger partial charge in [-0.15, -0.1) is 0 Å². The van der Waals surface area contributed by atoms with Crippen LogP contribution < -0.4 is 0 Å². The number of aliphatic hydroxyl groups is 1. The van der Waals surface area contributed by atoms with Gasteiger partial charge >= 0.3 is 0 Å². The Balaban J connectivity index is 3.41. The lowest BCUT2D eigenvalue weighted by Gasteiger charge is -2.16. The molecule has 1 heteroatoms. The van der Waals surface area contributed by atoms with E-state index in [1.807, 2.05) is 0 Å². The lowest BCUT2D eigenvalue weighted by Crippen LogP contribution is -2.08. The summed E-state index contributed by atoms with van der Waals surface area (Å²) in [4.78, 5) is 0. The molecular formula is C8H18O. The zero-order chi connectivity index (χ0) is 7.28. The standard InChI is InChI=1S/C8H18O/c1-4-8(5-6-9)7(2)3/h7-9H,4-6H2,1-3H3. The summed E-state index contributed by atoms with van der Waals surface area (Å²) in [5.41, 5.74) is 0. The van der Waals surface area contributed by atoms with Gasteiger partial charge in [0, 0.05) is 6.61 Å². The minimum atomic E-state index is 0.344. The fourth-order valence-electron chi connectivity index (χ4n) is 1.17. The van der Waals surface area contributed by atoms with Crippen molar-refractivity contribution in [2.24, 2.45) is 11.8 Å². The van der Waals surface area contributed by atoms with Gasteiger partial charge in [0.15, 0.2) is 0 Å². The van der Waals surface area contributed by atoms with E-state index in [1.165, 1.54) is 6.42 Å². The molecule has 0 aliphatic rings.